The summed E-state index contributed by atoms with van der Waals surface area (Å²) in [6, 6.07) is 8.99. The molecule has 0 unspecified atom stereocenters. The lowest BCUT2D eigenvalue weighted by Gasteiger charge is -2.22. The first-order valence-electron chi connectivity index (χ1n) is 6.96. The minimum Gasteiger partial charge on any atom is -0.486 e. The van der Waals surface area contributed by atoms with E-state index in [0.717, 1.165) is 0 Å². The number of hydrogen-bond acceptors (Lipinski definition) is 5. The second-order valence-electron chi connectivity index (χ2n) is 5.22. The Bertz CT molecular complexity index is 470. The van der Waals surface area contributed by atoms with Gasteiger partial charge in [-0.15, -0.1) is 0 Å². The fourth-order valence-electron chi connectivity index (χ4n) is 1.68. The number of rotatable bonds is 9. The highest BCUT2D eigenvalue weighted by Gasteiger charge is 2.31. The monoisotopic (exact) mass is 314 g/mol. The molecular weight excluding hydrogens is 291 g/mol. The Hall–Kier alpha value is -1.16. The van der Waals surface area contributed by atoms with Gasteiger partial charge in [0.25, 0.3) is 0 Å². The van der Waals surface area contributed by atoms with Crippen molar-refractivity contribution in [2.75, 3.05) is 12.8 Å². The Morgan fingerprint density at radius 3 is 2.05 bits per heavy atom. The third-order valence-corrected chi connectivity index (χ3v) is 4.48. The van der Waals surface area contributed by atoms with Crippen molar-refractivity contribution in [3.05, 3.63) is 30.3 Å². The van der Waals surface area contributed by atoms with Gasteiger partial charge in [0.2, 0.25) is 0 Å². The number of carbonyl (C=O) groups is 1. The van der Waals surface area contributed by atoms with E-state index in [1.165, 1.54) is 0 Å². The van der Waals surface area contributed by atoms with Crippen LogP contribution in [0.15, 0.2) is 30.3 Å². The van der Waals surface area contributed by atoms with Crippen molar-refractivity contribution in [3.63, 3.8) is 0 Å². The molecule has 0 radical (unpaired) electrons. The average Bonchev–Trinajstić information content (AvgIpc) is 2.35. The van der Waals surface area contributed by atoms with E-state index in [1.807, 2.05) is 18.2 Å². The fourth-order valence-corrected chi connectivity index (χ4v) is 3.69. The summed E-state index contributed by atoms with van der Waals surface area (Å²) in [4.78, 5) is 11.9. The standard InChI is InChI=1S/C15H23O5P/c1-12(2)19-21(17,20-13(3)4)11-14(16)10-18-15-8-6-5-7-9-15/h5-9,12-13H,10-11H2,1-4H3. The third kappa shape index (κ3) is 7.42. The van der Waals surface area contributed by atoms with Gasteiger partial charge < -0.3 is 13.8 Å². The maximum absolute atomic E-state index is 12.5. The lowest BCUT2D eigenvalue weighted by molar-refractivity contribution is -0.118. The molecule has 0 heterocycles. The van der Waals surface area contributed by atoms with E-state index in [0.29, 0.717) is 5.75 Å². The van der Waals surface area contributed by atoms with Gasteiger partial charge in [0.1, 0.15) is 18.5 Å². The predicted octanol–water partition coefficient (Wildman–Crippen LogP) is 3.68. The molecular formula is C15H23O5P. The molecule has 5 nitrogen and oxygen atoms in total. The maximum Gasteiger partial charge on any atom is 0.338 e. The van der Waals surface area contributed by atoms with Gasteiger partial charge in [-0.3, -0.25) is 9.36 Å². The Morgan fingerprint density at radius 2 is 1.57 bits per heavy atom. The summed E-state index contributed by atoms with van der Waals surface area (Å²) in [6.45, 7) is 6.85. The van der Waals surface area contributed by atoms with Crippen molar-refractivity contribution in [3.8, 4) is 5.75 Å². The smallest absolute Gasteiger partial charge is 0.338 e. The quantitative estimate of drug-likeness (QED) is 0.651. The Balaban J connectivity index is 2.57. The van der Waals surface area contributed by atoms with Gasteiger partial charge in [-0.1, -0.05) is 18.2 Å². The van der Waals surface area contributed by atoms with E-state index in [9.17, 15) is 9.36 Å². The largest absolute Gasteiger partial charge is 0.486 e. The summed E-state index contributed by atoms with van der Waals surface area (Å²) in [5.41, 5.74) is 0. The Kier molecular flexibility index (Phi) is 7.09. The van der Waals surface area contributed by atoms with Gasteiger partial charge in [-0.2, -0.15) is 0 Å². The number of benzene rings is 1. The van der Waals surface area contributed by atoms with Crippen LogP contribution in [0.5, 0.6) is 5.75 Å². The normalized spacial score (nSPS) is 11.9. The van der Waals surface area contributed by atoms with E-state index >= 15 is 0 Å². The molecule has 1 aromatic rings. The topological polar surface area (TPSA) is 61.8 Å². The molecule has 0 N–H and O–H groups in total. The SMILES string of the molecule is CC(C)OP(=O)(CC(=O)COc1ccccc1)OC(C)C. The van der Waals surface area contributed by atoms with Crippen LogP contribution < -0.4 is 4.74 Å². The van der Waals surface area contributed by atoms with E-state index in [2.05, 4.69) is 0 Å². The van der Waals surface area contributed by atoms with Crippen LogP contribution in [0.3, 0.4) is 0 Å². The molecule has 0 aliphatic rings. The van der Waals surface area contributed by atoms with Crippen molar-refractivity contribution in [1.29, 1.82) is 0 Å². The lowest BCUT2D eigenvalue weighted by atomic mass is 10.3. The molecule has 0 amide bonds. The first kappa shape index (κ1) is 17.9. The molecule has 0 atom stereocenters. The molecule has 6 heteroatoms. The first-order chi connectivity index (χ1) is 9.81. The minimum atomic E-state index is -3.44. The average molecular weight is 314 g/mol. The number of Topliss-reactive ketones (excluding diaryl/α,β-unsaturated/α-hetero) is 1. The molecule has 0 saturated carbocycles. The number of hydrogen-bond donors (Lipinski definition) is 0. The molecule has 0 bridgehead atoms. The Morgan fingerprint density at radius 1 is 1.05 bits per heavy atom. The zero-order valence-corrected chi connectivity index (χ0v) is 13.8. The zero-order valence-electron chi connectivity index (χ0n) is 12.9. The van der Waals surface area contributed by atoms with Crippen molar-refractivity contribution < 1.29 is 23.1 Å². The molecule has 1 rings (SSSR count). The molecule has 0 aliphatic carbocycles. The van der Waals surface area contributed by atoms with Crippen LogP contribution in [0.4, 0.5) is 0 Å². The first-order valence-corrected chi connectivity index (χ1v) is 8.69. The van der Waals surface area contributed by atoms with Crippen LogP contribution in [0.2, 0.25) is 0 Å². The van der Waals surface area contributed by atoms with Crippen molar-refractivity contribution >= 4 is 13.4 Å². The third-order valence-electron chi connectivity index (χ3n) is 2.26. The van der Waals surface area contributed by atoms with Crippen molar-refractivity contribution in [2.24, 2.45) is 0 Å². The molecule has 0 aromatic heterocycles. The van der Waals surface area contributed by atoms with Gasteiger partial charge in [0.05, 0.1) is 12.2 Å². The van der Waals surface area contributed by atoms with Crippen LogP contribution in [0, 0.1) is 0 Å². The Labute approximate surface area is 126 Å². The second-order valence-corrected chi connectivity index (χ2v) is 7.18. The fraction of sp³-hybridized carbons (Fsp3) is 0.533. The highest BCUT2D eigenvalue weighted by Crippen LogP contribution is 2.50. The van der Waals surface area contributed by atoms with Crippen LogP contribution in [-0.2, 0) is 18.4 Å². The van der Waals surface area contributed by atoms with Gasteiger partial charge in [-0.05, 0) is 39.8 Å². The van der Waals surface area contributed by atoms with E-state index in [1.54, 1.807) is 39.8 Å². The van der Waals surface area contributed by atoms with E-state index in [4.69, 9.17) is 13.8 Å². The number of carbonyl (C=O) groups excluding carboxylic acids is 1. The van der Waals surface area contributed by atoms with Crippen LogP contribution in [0.25, 0.3) is 0 Å². The highest BCUT2D eigenvalue weighted by atomic mass is 31.2. The summed E-state index contributed by atoms with van der Waals surface area (Å²) >= 11 is 0. The lowest BCUT2D eigenvalue weighted by Crippen LogP contribution is -2.20. The van der Waals surface area contributed by atoms with E-state index in [-0.39, 0.29) is 30.8 Å². The number of para-hydroxylation sites is 1. The number of ether oxygens (including phenoxy) is 1. The number of ketones is 1. The predicted molar refractivity (Wildman–Crippen MR) is 81.9 cm³/mol. The molecule has 118 valence electrons. The van der Waals surface area contributed by atoms with Gasteiger partial charge >= 0.3 is 7.60 Å². The van der Waals surface area contributed by atoms with Gasteiger partial charge in [0.15, 0.2) is 5.78 Å². The minimum absolute atomic E-state index is 0.156. The molecule has 0 spiro atoms. The summed E-state index contributed by atoms with van der Waals surface area (Å²) in [6.07, 6.45) is -0.842. The molecule has 0 aliphatic heterocycles. The molecule has 1 aromatic carbocycles. The van der Waals surface area contributed by atoms with Crippen molar-refractivity contribution in [1.82, 2.24) is 0 Å². The summed E-state index contributed by atoms with van der Waals surface area (Å²) in [5, 5.41) is 0. The van der Waals surface area contributed by atoms with Crippen LogP contribution in [0.1, 0.15) is 27.7 Å². The summed E-state index contributed by atoms with van der Waals surface area (Å²) in [7, 11) is -3.44. The van der Waals surface area contributed by atoms with Gasteiger partial charge in [0, 0.05) is 0 Å². The maximum atomic E-state index is 12.5. The van der Waals surface area contributed by atoms with Crippen molar-refractivity contribution in [2.45, 2.75) is 39.9 Å². The molecule has 21 heavy (non-hydrogen) atoms. The van der Waals surface area contributed by atoms with Crippen LogP contribution in [-0.4, -0.2) is 30.8 Å². The van der Waals surface area contributed by atoms with Crippen LogP contribution >= 0.6 is 7.60 Å². The molecule has 0 fully saturated rings. The zero-order chi connectivity index (χ0) is 15.9. The highest BCUT2D eigenvalue weighted by molar-refractivity contribution is 7.54. The summed E-state index contributed by atoms with van der Waals surface area (Å²) < 4.78 is 28.5. The van der Waals surface area contributed by atoms with Gasteiger partial charge in [-0.25, -0.2) is 0 Å². The molecule has 0 saturated heterocycles. The second kappa shape index (κ2) is 8.32. The van der Waals surface area contributed by atoms with E-state index < -0.39 is 7.60 Å². The summed E-state index contributed by atoms with van der Waals surface area (Å²) in [5.74, 6) is 0.277.